The maximum atomic E-state index is 4.66. The van der Waals surface area contributed by atoms with E-state index in [4.69, 9.17) is 0 Å². The molecule has 0 aromatic rings. The van der Waals surface area contributed by atoms with Crippen LogP contribution in [0.1, 0.15) is 0 Å². The van der Waals surface area contributed by atoms with E-state index < -0.39 is 0 Å². The Morgan fingerprint density at radius 2 is 1.00 bits per heavy atom. The smallest absolute Gasteiger partial charge is 0.415 e. The van der Waals surface area contributed by atoms with Crippen LogP contribution < -0.4 is 11.5 Å². The van der Waals surface area contributed by atoms with Crippen molar-refractivity contribution in [3.05, 3.63) is 0 Å². The molecule has 0 unspecified atom stereocenters. The molecule has 0 amide bonds. The van der Waals surface area contributed by atoms with Crippen LogP contribution in [-0.4, -0.2) is 8.64 Å². The number of nitrogens with two attached hydrogens (primary N) is 2. The molecule has 9 heavy (non-hydrogen) atoms. The van der Waals surface area contributed by atoms with Crippen molar-refractivity contribution in [1.82, 2.24) is 0 Å². The van der Waals surface area contributed by atoms with Gasteiger partial charge in [-0.25, -0.2) is 0 Å². The van der Waals surface area contributed by atoms with Crippen LogP contribution in [-0.2, 0) is 47.0 Å². The molecule has 0 aliphatic rings. The summed E-state index contributed by atoms with van der Waals surface area (Å²) in [4.78, 5) is 0. The molecule has 7 heteroatoms. The third kappa shape index (κ3) is 492. The molecule has 0 aromatic heterocycles. The van der Waals surface area contributed by atoms with Gasteiger partial charge in [-0.1, -0.05) is 8.64 Å². The zero-order valence-corrected chi connectivity index (χ0v) is 9.12. The summed E-state index contributed by atoms with van der Waals surface area (Å²) >= 11 is 16.5. The SMILES string of the molecule is NC(=S)[S-].NC(=S)[S-].[Ti+2]. The maximum absolute atomic E-state index is 4.66. The van der Waals surface area contributed by atoms with E-state index in [0.717, 1.165) is 0 Å². The third-order valence-electron chi connectivity index (χ3n) is 0. The third-order valence-corrected chi connectivity index (χ3v) is 0. The molecule has 2 nitrogen and oxygen atoms in total. The van der Waals surface area contributed by atoms with Gasteiger partial charge < -0.3 is 61.2 Å². The Labute approximate surface area is 90.8 Å². The summed E-state index contributed by atoms with van der Waals surface area (Å²) in [5.41, 5.74) is 9.31. The molecule has 0 fully saturated rings. The average molecular weight is 232 g/mol. The number of hydrogen-bond donors (Lipinski definition) is 2. The number of thiocarbonyl (C=S) groups is 2. The monoisotopic (exact) mass is 232 g/mol. The summed E-state index contributed by atoms with van der Waals surface area (Å²) in [7, 11) is 0. The van der Waals surface area contributed by atoms with E-state index >= 15 is 0 Å². The van der Waals surface area contributed by atoms with Crippen LogP contribution in [0.25, 0.3) is 0 Å². The van der Waals surface area contributed by atoms with Gasteiger partial charge in [0.1, 0.15) is 0 Å². The van der Waals surface area contributed by atoms with E-state index in [1.165, 1.54) is 0 Å². The molecule has 0 atom stereocenters. The second kappa shape index (κ2) is 11.7. The number of rotatable bonds is 0. The van der Waals surface area contributed by atoms with Gasteiger partial charge in [0, 0.05) is 0 Å². The molecule has 0 aliphatic heterocycles. The van der Waals surface area contributed by atoms with Crippen LogP contribution in [0.2, 0.25) is 0 Å². The van der Waals surface area contributed by atoms with Gasteiger partial charge in [0.2, 0.25) is 0 Å². The second-order valence-electron chi connectivity index (χ2n) is 0.638. The Kier molecular flexibility index (Phi) is 21.4. The van der Waals surface area contributed by atoms with Crippen molar-refractivity contribution >= 4 is 58.3 Å². The average Bonchev–Trinajstić information content (AvgIpc) is 1.25. The van der Waals surface area contributed by atoms with Crippen molar-refractivity contribution in [2.75, 3.05) is 0 Å². The molecule has 0 aliphatic carbocycles. The Morgan fingerprint density at radius 3 is 1.00 bits per heavy atom. The molecule has 0 spiro atoms. The Hall–Kier alpha value is 0.934. The molecule has 0 rings (SSSR count). The van der Waals surface area contributed by atoms with Gasteiger partial charge in [-0.15, -0.1) is 0 Å². The fourth-order valence-electron chi connectivity index (χ4n) is 0. The summed E-state index contributed by atoms with van der Waals surface area (Å²) in [6.07, 6.45) is 0. The summed E-state index contributed by atoms with van der Waals surface area (Å²) in [5.74, 6) is 0. The Morgan fingerprint density at radius 1 is 1.00 bits per heavy atom. The van der Waals surface area contributed by atoms with E-state index in [2.05, 4.69) is 61.2 Å². The topological polar surface area (TPSA) is 52.0 Å². The van der Waals surface area contributed by atoms with E-state index in [1.807, 2.05) is 0 Å². The summed E-state index contributed by atoms with van der Waals surface area (Å²) in [5, 5.41) is 0. The minimum absolute atomic E-state index is 0. The van der Waals surface area contributed by atoms with Crippen molar-refractivity contribution in [3.8, 4) is 0 Å². The minimum Gasteiger partial charge on any atom is -0.415 e. The standard InChI is InChI=1S/2CH3NS2.Ti/c2*2-1(3)4;/h2*(H3,2,3,4);/q;;+2/p-2. The van der Waals surface area contributed by atoms with Crippen LogP contribution in [0.4, 0.5) is 0 Å². The van der Waals surface area contributed by atoms with Gasteiger partial charge in [0.15, 0.2) is 0 Å². The Balaban J connectivity index is -0.0000000720. The van der Waals surface area contributed by atoms with Gasteiger partial charge in [-0.05, 0) is 0 Å². The van der Waals surface area contributed by atoms with Gasteiger partial charge in [-0.2, -0.15) is 0 Å². The van der Waals surface area contributed by atoms with Crippen molar-refractivity contribution < 1.29 is 21.7 Å². The molecule has 0 saturated carbocycles. The van der Waals surface area contributed by atoms with E-state index in [-0.39, 0.29) is 30.4 Å². The van der Waals surface area contributed by atoms with Crippen LogP contribution in [0, 0.1) is 0 Å². The van der Waals surface area contributed by atoms with Gasteiger partial charge in [0.05, 0.1) is 0 Å². The van der Waals surface area contributed by atoms with Gasteiger partial charge in [0.25, 0.3) is 0 Å². The molecule has 0 heterocycles. The van der Waals surface area contributed by atoms with Crippen LogP contribution >= 0.6 is 24.4 Å². The zero-order valence-electron chi connectivity index (χ0n) is 4.29. The van der Waals surface area contributed by atoms with E-state index in [0.29, 0.717) is 0 Å². The van der Waals surface area contributed by atoms with Crippen molar-refractivity contribution in [1.29, 1.82) is 0 Å². The van der Waals surface area contributed by atoms with Crippen molar-refractivity contribution in [2.24, 2.45) is 11.5 Å². The molecule has 0 radical (unpaired) electrons. The zero-order chi connectivity index (χ0) is 7.15. The maximum Gasteiger partial charge on any atom is 2.00 e. The molecule has 50 valence electrons. The minimum atomic E-state index is 0. The molecule has 4 N–H and O–H groups in total. The first-order valence-electron chi connectivity index (χ1n) is 1.39. The molecule has 0 aromatic carbocycles. The fourth-order valence-corrected chi connectivity index (χ4v) is 0. The largest absolute Gasteiger partial charge is 2.00 e. The van der Waals surface area contributed by atoms with Crippen LogP contribution in [0.5, 0.6) is 0 Å². The van der Waals surface area contributed by atoms with Gasteiger partial charge >= 0.3 is 21.7 Å². The normalized spacial score (nSPS) is 5.33. The fraction of sp³-hybridized carbons (Fsp3) is 0. The van der Waals surface area contributed by atoms with E-state index in [1.54, 1.807) is 0 Å². The van der Waals surface area contributed by atoms with E-state index in [9.17, 15) is 0 Å². The quantitative estimate of drug-likeness (QED) is 0.335. The number of hydrogen-bond acceptors (Lipinski definition) is 4. The summed E-state index contributed by atoms with van der Waals surface area (Å²) in [6.45, 7) is 0. The van der Waals surface area contributed by atoms with Crippen LogP contribution in [0.15, 0.2) is 0 Å². The second-order valence-corrected chi connectivity index (χ2v) is 2.91. The molecular formula is C2H4N2S4Ti. The van der Waals surface area contributed by atoms with Crippen LogP contribution in [0.3, 0.4) is 0 Å². The predicted octanol–water partition coefficient (Wildman–Crippen LogP) is -0.449. The Bertz CT molecular complexity index is 74.6. The first-order chi connectivity index (χ1) is 3.46. The summed E-state index contributed by atoms with van der Waals surface area (Å²) < 4.78 is 0.167. The first kappa shape index (κ1) is 16.5. The molecule has 0 bridgehead atoms. The molecular weight excluding hydrogens is 228 g/mol. The van der Waals surface area contributed by atoms with Crippen molar-refractivity contribution in [2.45, 2.75) is 0 Å². The first-order valence-corrected chi connectivity index (χ1v) is 3.03. The molecule has 0 saturated heterocycles. The summed E-state index contributed by atoms with van der Waals surface area (Å²) in [6, 6.07) is 0. The van der Waals surface area contributed by atoms with Crippen molar-refractivity contribution in [3.63, 3.8) is 0 Å². The predicted molar refractivity (Wildman–Crippen MR) is 48.3 cm³/mol. The van der Waals surface area contributed by atoms with Gasteiger partial charge in [-0.3, -0.25) is 0 Å².